The molecule has 1 aromatic heterocycles. The number of fused-ring (bicyclic) bond motifs is 1. The van der Waals surface area contributed by atoms with E-state index in [4.69, 9.17) is 5.26 Å². The van der Waals surface area contributed by atoms with Crippen molar-refractivity contribution in [1.82, 2.24) is 4.98 Å². The van der Waals surface area contributed by atoms with Crippen molar-refractivity contribution in [2.75, 3.05) is 5.75 Å². The summed E-state index contributed by atoms with van der Waals surface area (Å²) in [6, 6.07) is 4.29. The summed E-state index contributed by atoms with van der Waals surface area (Å²) < 4.78 is 0. The quantitative estimate of drug-likeness (QED) is 0.732. The Labute approximate surface area is 94.7 Å². The summed E-state index contributed by atoms with van der Waals surface area (Å²) in [4.78, 5) is 4.60. The highest BCUT2D eigenvalue weighted by molar-refractivity contribution is 7.99. The van der Waals surface area contributed by atoms with Gasteiger partial charge in [0.15, 0.2) is 0 Å². The summed E-state index contributed by atoms with van der Waals surface area (Å²) in [5, 5.41) is 9.98. The molecule has 78 valence electrons. The van der Waals surface area contributed by atoms with E-state index in [1.54, 1.807) is 11.8 Å². The smallest absolute Gasteiger partial charge is 0.114 e. The van der Waals surface area contributed by atoms with Crippen LogP contribution in [0.5, 0.6) is 0 Å². The topological polar surface area (TPSA) is 36.7 Å². The molecular weight excluding hydrogens is 204 g/mol. The second-order valence-electron chi connectivity index (χ2n) is 3.76. The zero-order valence-corrected chi connectivity index (χ0v) is 9.73. The molecule has 0 saturated heterocycles. The Morgan fingerprint density at radius 1 is 1.53 bits per heavy atom. The molecule has 15 heavy (non-hydrogen) atoms. The third-order valence-corrected chi connectivity index (χ3v) is 3.78. The molecule has 1 aliphatic carbocycles. The Kier molecular flexibility index (Phi) is 3.27. The first-order chi connectivity index (χ1) is 7.35. The van der Waals surface area contributed by atoms with Gasteiger partial charge in [-0.25, -0.2) is 4.98 Å². The van der Waals surface area contributed by atoms with E-state index >= 15 is 0 Å². The number of nitrogens with zero attached hydrogens (tertiary/aromatic N) is 2. The van der Waals surface area contributed by atoms with E-state index in [1.807, 2.05) is 6.07 Å². The summed E-state index contributed by atoms with van der Waals surface area (Å²) in [7, 11) is 0. The number of hydrogen-bond acceptors (Lipinski definition) is 3. The minimum atomic E-state index is 0.758. The van der Waals surface area contributed by atoms with Gasteiger partial charge in [0, 0.05) is 5.69 Å². The van der Waals surface area contributed by atoms with Crippen molar-refractivity contribution in [3.63, 3.8) is 0 Å². The van der Waals surface area contributed by atoms with E-state index in [1.165, 1.54) is 17.7 Å². The molecule has 0 amide bonds. The van der Waals surface area contributed by atoms with Crippen molar-refractivity contribution in [2.24, 2.45) is 0 Å². The fourth-order valence-corrected chi connectivity index (χ4v) is 2.67. The molecule has 0 unspecified atom stereocenters. The van der Waals surface area contributed by atoms with E-state index in [-0.39, 0.29) is 0 Å². The van der Waals surface area contributed by atoms with Crippen molar-refractivity contribution in [1.29, 1.82) is 5.26 Å². The molecule has 1 aliphatic rings. The van der Waals surface area contributed by atoms with Crippen LogP contribution in [0.1, 0.15) is 36.6 Å². The Morgan fingerprint density at radius 2 is 2.40 bits per heavy atom. The van der Waals surface area contributed by atoms with E-state index in [0.29, 0.717) is 0 Å². The number of thioether (sulfide) groups is 1. The van der Waals surface area contributed by atoms with Crippen LogP contribution < -0.4 is 0 Å². The minimum absolute atomic E-state index is 0.758. The lowest BCUT2D eigenvalue weighted by atomic mass is 10.2. The van der Waals surface area contributed by atoms with Crippen LogP contribution in [0.15, 0.2) is 11.1 Å². The number of aryl methyl sites for hydroxylation is 2. The van der Waals surface area contributed by atoms with Crippen LogP contribution in [0, 0.1) is 11.3 Å². The summed E-state index contributed by atoms with van der Waals surface area (Å²) in [5.74, 6) is 1.04. The first-order valence-electron chi connectivity index (χ1n) is 5.41. The van der Waals surface area contributed by atoms with Gasteiger partial charge in [-0.1, -0.05) is 6.92 Å². The average Bonchev–Trinajstić information content (AvgIpc) is 2.71. The van der Waals surface area contributed by atoms with Gasteiger partial charge in [0.1, 0.15) is 11.1 Å². The molecule has 3 heteroatoms. The predicted octanol–water partition coefficient (Wildman–Crippen LogP) is 2.94. The predicted molar refractivity (Wildman–Crippen MR) is 62.0 cm³/mol. The number of hydrogen-bond donors (Lipinski definition) is 0. The summed E-state index contributed by atoms with van der Waals surface area (Å²) >= 11 is 1.70. The van der Waals surface area contributed by atoms with Crippen LogP contribution >= 0.6 is 11.8 Å². The van der Waals surface area contributed by atoms with Gasteiger partial charge in [0.2, 0.25) is 0 Å². The van der Waals surface area contributed by atoms with Gasteiger partial charge in [0.25, 0.3) is 0 Å². The Bertz CT molecular complexity index is 407. The summed E-state index contributed by atoms with van der Waals surface area (Å²) in [5.41, 5.74) is 3.26. The molecule has 0 bridgehead atoms. The first kappa shape index (κ1) is 10.5. The maximum Gasteiger partial charge on any atom is 0.114 e. The molecule has 0 aromatic carbocycles. The van der Waals surface area contributed by atoms with Gasteiger partial charge < -0.3 is 0 Å². The molecule has 1 heterocycles. The lowest BCUT2D eigenvalue weighted by Gasteiger charge is -2.05. The second kappa shape index (κ2) is 4.67. The standard InChI is InChI=1S/C12H14N2S/c1-2-6-15-12-10(8-13)7-9-4-3-5-11(9)14-12/h7H,2-6H2,1H3. The van der Waals surface area contributed by atoms with Gasteiger partial charge in [-0.05, 0) is 43.1 Å². The molecule has 0 atom stereocenters. The van der Waals surface area contributed by atoms with Crippen LogP contribution in [0.2, 0.25) is 0 Å². The minimum Gasteiger partial charge on any atom is -0.245 e. The molecule has 0 saturated carbocycles. The molecule has 0 aliphatic heterocycles. The fourth-order valence-electron chi connectivity index (χ4n) is 1.84. The Morgan fingerprint density at radius 3 is 3.13 bits per heavy atom. The Hall–Kier alpha value is -1.01. The molecule has 2 nitrogen and oxygen atoms in total. The number of pyridine rings is 1. The molecular formula is C12H14N2S. The van der Waals surface area contributed by atoms with E-state index in [9.17, 15) is 0 Å². The molecule has 0 radical (unpaired) electrons. The van der Waals surface area contributed by atoms with Crippen molar-refractivity contribution in [3.8, 4) is 6.07 Å². The third-order valence-electron chi connectivity index (χ3n) is 2.58. The van der Waals surface area contributed by atoms with Crippen molar-refractivity contribution < 1.29 is 0 Å². The SMILES string of the molecule is CCCSc1nc2c(cc1C#N)CCC2. The highest BCUT2D eigenvalue weighted by Crippen LogP contribution is 2.27. The van der Waals surface area contributed by atoms with Crippen LogP contribution in [-0.4, -0.2) is 10.7 Å². The highest BCUT2D eigenvalue weighted by atomic mass is 32.2. The normalized spacial score (nSPS) is 13.6. The van der Waals surface area contributed by atoms with Gasteiger partial charge in [-0.2, -0.15) is 5.26 Å². The molecule has 1 aromatic rings. The van der Waals surface area contributed by atoms with E-state index in [0.717, 1.165) is 35.6 Å². The maximum atomic E-state index is 9.05. The van der Waals surface area contributed by atoms with E-state index < -0.39 is 0 Å². The zero-order chi connectivity index (χ0) is 10.7. The fraction of sp³-hybridized carbons (Fsp3) is 0.500. The number of rotatable bonds is 3. The monoisotopic (exact) mass is 218 g/mol. The van der Waals surface area contributed by atoms with Gasteiger partial charge in [0.05, 0.1) is 5.56 Å². The third kappa shape index (κ3) is 2.15. The van der Waals surface area contributed by atoms with Gasteiger partial charge in [-0.15, -0.1) is 11.8 Å². The molecule has 0 spiro atoms. The van der Waals surface area contributed by atoms with Crippen LogP contribution in [0.3, 0.4) is 0 Å². The number of aromatic nitrogens is 1. The van der Waals surface area contributed by atoms with Gasteiger partial charge >= 0.3 is 0 Å². The number of nitriles is 1. The van der Waals surface area contributed by atoms with Gasteiger partial charge in [-0.3, -0.25) is 0 Å². The lowest BCUT2D eigenvalue weighted by Crippen LogP contribution is -1.95. The molecule has 0 fully saturated rings. The van der Waals surface area contributed by atoms with Crippen molar-refractivity contribution >= 4 is 11.8 Å². The highest BCUT2D eigenvalue weighted by Gasteiger charge is 2.16. The maximum absolute atomic E-state index is 9.05. The Balaban J connectivity index is 2.32. The second-order valence-corrected chi connectivity index (χ2v) is 4.84. The average molecular weight is 218 g/mol. The summed E-state index contributed by atoms with van der Waals surface area (Å²) in [6.07, 6.45) is 4.49. The van der Waals surface area contributed by atoms with Crippen LogP contribution in [0.25, 0.3) is 0 Å². The molecule has 0 N–H and O–H groups in total. The van der Waals surface area contributed by atoms with Crippen LogP contribution in [0.4, 0.5) is 0 Å². The van der Waals surface area contributed by atoms with Crippen molar-refractivity contribution in [3.05, 3.63) is 22.9 Å². The lowest BCUT2D eigenvalue weighted by molar-refractivity contribution is 0.891. The van der Waals surface area contributed by atoms with E-state index in [2.05, 4.69) is 18.0 Å². The zero-order valence-electron chi connectivity index (χ0n) is 8.92. The molecule has 2 rings (SSSR count). The van der Waals surface area contributed by atoms with Crippen LogP contribution in [-0.2, 0) is 12.8 Å². The first-order valence-corrected chi connectivity index (χ1v) is 6.39. The van der Waals surface area contributed by atoms with Crippen molar-refractivity contribution in [2.45, 2.75) is 37.6 Å². The summed E-state index contributed by atoms with van der Waals surface area (Å²) in [6.45, 7) is 2.15. The largest absolute Gasteiger partial charge is 0.245 e.